The van der Waals surface area contributed by atoms with Gasteiger partial charge < -0.3 is 16.2 Å². The number of primary amides is 1. The highest BCUT2D eigenvalue weighted by atomic mass is 16.4. The highest BCUT2D eigenvalue weighted by Crippen LogP contribution is 2.17. The molecular weight excluding hydrogens is 286 g/mol. The molecule has 2 rings (SSSR count). The summed E-state index contributed by atoms with van der Waals surface area (Å²) in [5, 5.41) is 11.9. The lowest BCUT2D eigenvalue weighted by Gasteiger charge is -2.32. The van der Waals surface area contributed by atoms with Gasteiger partial charge in [-0.2, -0.15) is 0 Å². The molecule has 0 aliphatic carbocycles. The number of rotatable bonds is 5. The Morgan fingerprint density at radius 2 is 1.91 bits per heavy atom. The first-order valence-corrected chi connectivity index (χ1v) is 7.14. The quantitative estimate of drug-likeness (QED) is 0.740. The maximum absolute atomic E-state index is 12.0. The van der Waals surface area contributed by atoms with Crippen LogP contribution >= 0.6 is 0 Å². The fourth-order valence-electron chi connectivity index (χ4n) is 2.56. The molecule has 0 bridgehead atoms. The second-order valence-corrected chi connectivity index (χ2v) is 5.31. The molecule has 1 saturated heterocycles. The monoisotopic (exact) mass is 305 g/mol. The van der Waals surface area contributed by atoms with Gasteiger partial charge in [0.15, 0.2) is 0 Å². The van der Waals surface area contributed by atoms with Crippen LogP contribution in [0.25, 0.3) is 0 Å². The second kappa shape index (κ2) is 7.04. The van der Waals surface area contributed by atoms with Crippen LogP contribution in [-0.4, -0.2) is 46.9 Å². The number of nitrogens with two attached hydrogens (primary N) is 1. The van der Waals surface area contributed by atoms with Crippen LogP contribution in [0.1, 0.15) is 29.6 Å². The van der Waals surface area contributed by atoms with E-state index in [0.29, 0.717) is 24.2 Å². The van der Waals surface area contributed by atoms with Crippen LogP contribution in [0.5, 0.6) is 0 Å². The summed E-state index contributed by atoms with van der Waals surface area (Å²) >= 11 is 0. The van der Waals surface area contributed by atoms with Crippen molar-refractivity contribution in [2.45, 2.75) is 25.3 Å². The molecule has 1 aromatic rings. The highest BCUT2D eigenvalue weighted by Gasteiger charge is 2.29. The maximum atomic E-state index is 12.0. The largest absolute Gasteiger partial charge is 0.480 e. The number of anilines is 1. The number of carbonyl (C=O) groups is 3. The lowest BCUT2D eigenvalue weighted by molar-refractivity contribution is -0.145. The molecule has 1 aliphatic heterocycles. The van der Waals surface area contributed by atoms with Crippen LogP contribution in [0.2, 0.25) is 0 Å². The normalized spacial score (nSPS) is 18.6. The summed E-state index contributed by atoms with van der Waals surface area (Å²) in [6.07, 6.45) is 2.32. The van der Waals surface area contributed by atoms with Crippen LogP contribution in [-0.2, 0) is 9.59 Å². The molecule has 0 aromatic heterocycles. The molecule has 1 aromatic carbocycles. The minimum absolute atomic E-state index is 0.0362. The van der Waals surface area contributed by atoms with Crippen molar-refractivity contribution in [3.05, 3.63) is 29.8 Å². The first-order valence-electron chi connectivity index (χ1n) is 7.14. The lowest BCUT2D eigenvalue weighted by atomic mass is 10.0. The Morgan fingerprint density at radius 3 is 2.50 bits per heavy atom. The molecule has 22 heavy (non-hydrogen) atoms. The van der Waals surface area contributed by atoms with E-state index in [1.165, 1.54) is 12.1 Å². The highest BCUT2D eigenvalue weighted by molar-refractivity contribution is 5.95. The first kappa shape index (κ1) is 16.0. The zero-order valence-corrected chi connectivity index (χ0v) is 12.1. The standard InChI is InChI=1S/C15H19N3O4/c16-14(20)10-4-6-11(7-5-10)17-13(19)9-18-8-2-1-3-12(18)15(21)22/h4-7,12H,1-3,8-9H2,(H2,16,20)(H,17,19)(H,21,22)/t12-/m0/s1. The first-order chi connectivity index (χ1) is 10.5. The van der Waals surface area contributed by atoms with Crippen LogP contribution in [0, 0.1) is 0 Å². The fraction of sp³-hybridized carbons (Fsp3) is 0.400. The Hall–Kier alpha value is -2.41. The summed E-state index contributed by atoms with van der Waals surface area (Å²) in [6.45, 7) is 0.638. The molecule has 0 radical (unpaired) electrons. The predicted molar refractivity (Wildman–Crippen MR) is 80.4 cm³/mol. The number of hydrogen-bond donors (Lipinski definition) is 3. The van der Waals surface area contributed by atoms with Gasteiger partial charge in [0.2, 0.25) is 11.8 Å². The molecule has 118 valence electrons. The Morgan fingerprint density at radius 1 is 1.23 bits per heavy atom. The summed E-state index contributed by atoms with van der Waals surface area (Å²) in [5.74, 6) is -1.70. The average molecular weight is 305 g/mol. The van der Waals surface area contributed by atoms with Crippen LogP contribution in [0.3, 0.4) is 0 Å². The van der Waals surface area contributed by atoms with Gasteiger partial charge in [-0.05, 0) is 43.7 Å². The van der Waals surface area contributed by atoms with E-state index in [4.69, 9.17) is 5.73 Å². The molecular formula is C15H19N3O4. The van der Waals surface area contributed by atoms with E-state index in [1.54, 1.807) is 17.0 Å². The molecule has 0 spiro atoms. The molecule has 1 atom stereocenters. The van der Waals surface area contributed by atoms with Crippen LogP contribution in [0.15, 0.2) is 24.3 Å². The van der Waals surface area contributed by atoms with Crippen molar-refractivity contribution in [2.75, 3.05) is 18.4 Å². The summed E-state index contributed by atoms with van der Waals surface area (Å²) in [5.41, 5.74) is 6.05. The van der Waals surface area contributed by atoms with Crippen molar-refractivity contribution in [3.63, 3.8) is 0 Å². The van der Waals surface area contributed by atoms with Gasteiger partial charge in [-0.15, -0.1) is 0 Å². The van der Waals surface area contributed by atoms with Gasteiger partial charge in [-0.1, -0.05) is 6.42 Å². The maximum Gasteiger partial charge on any atom is 0.320 e. The Kier molecular flexibility index (Phi) is 5.11. The second-order valence-electron chi connectivity index (χ2n) is 5.31. The van der Waals surface area contributed by atoms with Crippen molar-refractivity contribution in [1.29, 1.82) is 0 Å². The smallest absolute Gasteiger partial charge is 0.320 e. The number of likely N-dealkylation sites (tertiary alicyclic amines) is 1. The molecule has 0 saturated carbocycles. The number of carboxylic acid groups (broad SMARTS) is 1. The zero-order valence-electron chi connectivity index (χ0n) is 12.1. The minimum Gasteiger partial charge on any atom is -0.480 e. The molecule has 1 fully saturated rings. The van der Waals surface area contributed by atoms with Crippen LogP contribution in [0.4, 0.5) is 5.69 Å². The Bertz CT molecular complexity index is 571. The van der Waals surface area contributed by atoms with Crippen molar-refractivity contribution >= 4 is 23.5 Å². The number of carbonyl (C=O) groups excluding carboxylic acids is 2. The molecule has 1 heterocycles. The van der Waals surface area contributed by atoms with Gasteiger partial charge in [0.1, 0.15) is 6.04 Å². The number of benzene rings is 1. The number of nitrogens with one attached hydrogen (secondary N) is 1. The molecule has 7 nitrogen and oxygen atoms in total. The third-order valence-corrected chi connectivity index (χ3v) is 3.70. The van der Waals surface area contributed by atoms with Crippen molar-refractivity contribution in [1.82, 2.24) is 4.90 Å². The van der Waals surface area contributed by atoms with Gasteiger partial charge in [0.05, 0.1) is 6.54 Å². The Labute approximate surface area is 128 Å². The molecule has 4 N–H and O–H groups in total. The van der Waals surface area contributed by atoms with E-state index in [-0.39, 0.29) is 12.5 Å². The third kappa shape index (κ3) is 4.05. The summed E-state index contributed by atoms with van der Waals surface area (Å²) in [6, 6.07) is 5.63. The number of piperidine rings is 1. The number of nitrogens with zero attached hydrogens (tertiary/aromatic N) is 1. The topological polar surface area (TPSA) is 113 Å². The van der Waals surface area contributed by atoms with Gasteiger partial charge in [0, 0.05) is 11.3 Å². The number of aliphatic carboxylic acids is 1. The van der Waals surface area contributed by atoms with Gasteiger partial charge in [0.25, 0.3) is 0 Å². The minimum atomic E-state index is -0.890. The van der Waals surface area contributed by atoms with E-state index in [2.05, 4.69) is 5.32 Å². The third-order valence-electron chi connectivity index (χ3n) is 3.70. The van der Waals surface area contributed by atoms with E-state index < -0.39 is 17.9 Å². The van der Waals surface area contributed by atoms with Crippen molar-refractivity contribution < 1.29 is 19.5 Å². The summed E-state index contributed by atoms with van der Waals surface area (Å²) < 4.78 is 0. The lowest BCUT2D eigenvalue weighted by Crippen LogP contribution is -2.47. The van der Waals surface area contributed by atoms with Crippen LogP contribution < -0.4 is 11.1 Å². The Balaban J connectivity index is 1.94. The number of amides is 2. The fourth-order valence-corrected chi connectivity index (χ4v) is 2.56. The average Bonchev–Trinajstić information content (AvgIpc) is 2.48. The number of carboxylic acids is 1. The predicted octanol–water partition coefficient (Wildman–Crippen LogP) is 0.663. The van der Waals surface area contributed by atoms with Crippen molar-refractivity contribution in [2.24, 2.45) is 5.73 Å². The van der Waals surface area contributed by atoms with E-state index in [0.717, 1.165) is 12.8 Å². The summed E-state index contributed by atoms with van der Waals surface area (Å²) in [7, 11) is 0. The molecule has 2 amide bonds. The number of hydrogen-bond acceptors (Lipinski definition) is 4. The van der Waals surface area contributed by atoms with Gasteiger partial charge >= 0.3 is 5.97 Å². The zero-order chi connectivity index (χ0) is 16.1. The van der Waals surface area contributed by atoms with Crippen molar-refractivity contribution in [3.8, 4) is 0 Å². The molecule has 7 heteroatoms. The van der Waals surface area contributed by atoms with E-state index in [1.807, 2.05) is 0 Å². The van der Waals surface area contributed by atoms with Gasteiger partial charge in [-0.3, -0.25) is 19.3 Å². The molecule has 1 aliphatic rings. The summed E-state index contributed by atoms with van der Waals surface area (Å²) in [4.78, 5) is 35.9. The van der Waals surface area contributed by atoms with E-state index in [9.17, 15) is 19.5 Å². The SMILES string of the molecule is NC(=O)c1ccc(NC(=O)CN2CCCC[C@H]2C(=O)O)cc1. The molecule has 0 unspecified atom stereocenters. The van der Waals surface area contributed by atoms with Gasteiger partial charge in [-0.25, -0.2) is 0 Å². The van der Waals surface area contributed by atoms with E-state index >= 15 is 0 Å².